The van der Waals surface area contributed by atoms with Gasteiger partial charge in [-0.2, -0.15) is 0 Å². The number of hydrogen-bond acceptors (Lipinski definition) is 5. The number of carbonyl (C=O) groups is 1. The van der Waals surface area contributed by atoms with E-state index in [9.17, 15) is 14.9 Å². The smallest absolute Gasteiger partial charge is 0.269 e. The molecule has 0 bridgehead atoms. The van der Waals surface area contributed by atoms with Gasteiger partial charge in [-0.1, -0.05) is 12.1 Å². The van der Waals surface area contributed by atoms with Gasteiger partial charge in [-0.3, -0.25) is 19.8 Å². The van der Waals surface area contributed by atoms with Crippen molar-refractivity contribution in [3.63, 3.8) is 0 Å². The predicted molar refractivity (Wildman–Crippen MR) is 81.7 cm³/mol. The van der Waals surface area contributed by atoms with Crippen molar-refractivity contribution >= 4 is 11.6 Å². The molecular formula is C15H21N3O4. The zero-order valence-electron chi connectivity index (χ0n) is 12.7. The number of carbonyl (C=O) groups excluding carboxylic acids is 1. The van der Waals surface area contributed by atoms with Crippen LogP contribution in [-0.4, -0.2) is 67.1 Å². The van der Waals surface area contributed by atoms with Crippen molar-refractivity contribution in [1.29, 1.82) is 0 Å². The van der Waals surface area contributed by atoms with Gasteiger partial charge in [0.1, 0.15) is 0 Å². The van der Waals surface area contributed by atoms with E-state index in [-0.39, 0.29) is 11.6 Å². The number of amides is 1. The molecule has 0 spiro atoms. The van der Waals surface area contributed by atoms with Gasteiger partial charge < -0.3 is 9.64 Å². The second-order valence-corrected chi connectivity index (χ2v) is 5.40. The van der Waals surface area contributed by atoms with Gasteiger partial charge in [0.25, 0.3) is 5.69 Å². The maximum atomic E-state index is 12.1. The van der Waals surface area contributed by atoms with E-state index in [0.29, 0.717) is 32.8 Å². The first kappa shape index (κ1) is 16.4. The number of benzene rings is 1. The second kappa shape index (κ2) is 7.86. The molecule has 0 unspecified atom stereocenters. The molecule has 0 aliphatic carbocycles. The van der Waals surface area contributed by atoms with Crippen LogP contribution in [0.2, 0.25) is 0 Å². The van der Waals surface area contributed by atoms with Gasteiger partial charge in [0.05, 0.1) is 24.7 Å². The Hall–Kier alpha value is -1.99. The highest BCUT2D eigenvalue weighted by molar-refractivity contribution is 5.78. The number of nitro groups is 1. The Morgan fingerprint density at radius 3 is 2.55 bits per heavy atom. The largest absolute Gasteiger partial charge is 0.378 e. The molecule has 0 saturated carbocycles. The number of morpholine rings is 1. The van der Waals surface area contributed by atoms with E-state index in [1.807, 2.05) is 16.8 Å². The minimum atomic E-state index is -0.406. The summed E-state index contributed by atoms with van der Waals surface area (Å²) in [6.07, 6.45) is 0.755. The van der Waals surface area contributed by atoms with Crippen molar-refractivity contribution in [3.05, 3.63) is 39.9 Å². The summed E-state index contributed by atoms with van der Waals surface area (Å²) in [7, 11) is 1.91. The zero-order chi connectivity index (χ0) is 15.9. The van der Waals surface area contributed by atoms with Crippen molar-refractivity contribution < 1.29 is 14.5 Å². The molecule has 1 aliphatic rings. The average Bonchev–Trinajstić information content (AvgIpc) is 2.54. The van der Waals surface area contributed by atoms with Crippen LogP contribution in [0.1, 0.15) is 5.56 Å². The molecule has 1 fully saturated rings. The van der Waals surface area contributed by atoms with Crippen LogP contribution in [0.4, 0.5) is 5.69 Å². The predicted octanol–water partition coefficient (Wildman–Crippen LogP) is 0.928. The van der Waals surface area contributed by atoms with Crippen molar-refractivity contribution in [1.82, 2.24) is 9.80 Å². The molecule has 7 heteroatoms. The molecule has 1 aromatic carbocycles. The molecule has 1 aliphatic heterocycles. The molecule has 1 heterocycles. The SMILES string of the molecule is CN(CCc1ccc([N+](=O)[O-])cc1)CC(=O)N1CCOCC1. The zero-order valence-corrected chi connectivity index (χ0v) is 12.7. The second-order valence-electron chi connectivity index (χ2n) is 5.40. The van der Waals surface area contributed by atoms with Gasteiger partial charge in [0, 0.05) is 31.8 Å². The molecule has 1 aromatic rings. The van der Waals surface area contributed by atoms with Gasteiger partial charge in [-0.15, -0.1) is 0 Å². The third-order valence-corrected chi connectivity index (χ3v) is 3.70. The summed E-state index contributed by atoms with van der Waals surface area (Å²) in [5.74, 6) is 0.120. The number of likely N-dealkylation sites (N-methyl/N-ethyl adjacent to an activating group) is 1. The highest BCUT2D eigenvalue weighted by Gasteiger charge is 2.17. The number of hydrogen-bond donors (Lipinski definition) is 0. The normalized spacial score (nSPS) is 15.1. The summed E-state index contributed by atoms with van der Waals surface area (Å²) in [5.41, 5.74) is 1.12. The molecular weight excluding hydrogens is 286 g/mol. The van der Waals surface area contributed by atoms with Crippen molar-refractivity contribution in [2.75, 3.05) is 46.4 Å². The molecule has 2 rings (SSSR count). The van der Waals surface area contributed by atoms with E-state index in [1.165, 1.54) is 12.1 Å². The Labute approximate surface area is 129 Å². The van der Waals surface area contributed by atoms with Crippen LogP contribution in [0.3, 0.4) is 0 Å². The maximum absolute atomic E-state index is 12.1. The topological polar surface area (TPSA) is 75.9 Å². The number of nitrogens with zero attached hydrogens (tertiary/aromatic N) is 3. The minimum absolute atomic E-state index is 0.0969. The quantitative estimate of drug-likeness (QED) is 0.577. The Kier molecular flexibility index (Phi) is 5.85. The average molecular weight is 307 g/mol. The molecule has 0 atom stereocenters. The lowest BCUT2D eigenvalue weighted by atomic mass is 10.1. The van der Waals surface area contributed by atoms with Crippen LogP contribution in [0, 0.1) is 10.1 Å². The summed E-state index contributed by atoms with van der Waals surface area (Å²) in [4.78, 5) is 26.1. The van der Waals surface area contributed by atoms with Crippen LogP contribution in [0.25, 0.3) is 0 Å². The fraction of sp³-hybridized carbons (Fsp3) is 0.533. The molecule has 120 valence electrons. The van der Waals surface area contributed by atoms with Gasteiger partial charge in [-0.25, -0.2) is 0 Å². The van der Waals surface area contributed by atoms with E-state index in [2.05, 4.69) is 0 Å². The van der Waals surface area contributed by atoms with E-state index in [0.717, 1.165) is 18.5 Å². The molecule has 0 aromatic heterocycles. The highest BCUT2D eigenvalue weighted by Crippen LogP contribution is 2.12. The third-order valence-electron chi connectivity index (χ3n) is 3.70. The van der Waals surface area contributed by atoms with Crippen molar-refractivity contribution in [2.45, 2.75) is 6.42 Å². The lowest BCUT2D eigenvalue weighted by Crippen LogP contribution is -2.45. The van der Waals surface area contributed by atoms with Crippen LogP contribution in [0.5, 0.6) is 0 Å². The van der Waals surface area contributed by atoms with Crippen LogP contribution in [-0.2, 0) is 16.0 Å². The van der Waals surface area contributed by atoms with E-state index in [1.54, 1.807) is 12.1 Å². The van der Waals surface area contributed by atoms with Gasteiger partial charge >= 0.3 is 0 Å². The van der Waals surface area contributed by atoms with Gasteiger partial charge in [0.2, 0.25) is 5.91 Å². The van der Waals surface area contributed by atoms with Gasteiger partial charge in [0.15, 0.2) is 0 Å². The molecule has 7 nitrogen and oxygen atoms in total. The number of nitro benzene ring substituents is 1. The molecule has 1 saturated heterocycles. The van der Waals surface area contributed by atoms with Gasteiger partial charge in [-0.05, 0) is 19.0 Å². The van der Waals surface area contributed by atoms with E-state index < -0.39 is 4.92 Å². The number of rotatable bonds is 6. The number of ether oxygens (including phenoxy) is 1. The number of non-ortho nitro benzene ring substituents is 1. The molecule has 0 radical (unpaired) electrons. The molecule has 1 amide bonds. The van der Waals surface area contributed by atoms with Crippen LogP contribution in [0.15, 0.2) is 24.3 Å². The van der Waals surface area contributed by atoms with Crippen molar-refractivity contribution in [2.24, 2.45) is 0 Å². The van der Waals surface area contributed by atoms with Crippen LogP contribution < -0.4 is 0 Å². The monoisotopic (exact) mass is 307 g/mol. The maximum Gasteiger partial charge on any atom is 0.269 e. The fourth-order valence-corrected chi connectivity index (χ4v) is 2.33. The van der Waals surface area contributed by atoms with E-state index >= 15 is 0 Å². The highest BCUT2D eigenvalue weighted by atomic mass is 16.6. The summed E-state index contributed by atoms with van der Waals surface area (Å²) in [5, 5.41) is 10.6. The summed E-state index contributed by atoms with van der Waals surface area (Å²) < 4.78 is 5.23. The molecule has 22 heavy (non-hydrogen) atoms. The fourth-order valence-electron chi connectivity index (χ4n) is 2.33. The Balaban J connectivity index is 1.75. The lowest BCUT2D eigenvalue weighted by Gasteiger charge is -2.28. The van der Waals surface area contributed by atoms with Crippen molar-refractivity contribution in [3.8, 4) is 0 Å². The Bertz CT molecular complexity index is 512. The first-order valence-electron chi connectivity index (χ1n) is 7.33. The summed E-state index contributed by atoms with van der Waals surface area (Å²) in [6, 6.07) is 6.54. The summed E-state index contributed by atoms with van der Waals surface area (Å²) in [6.45, 7) is 3.65. The molecule has 0 N–H and O–H groups in total. The first-order valence-corrected chi connectivity index (χ1v) is 7.33. The first-order chi connectivity index (χ1) is 10.6. The van der Waals surface area contributed by atoms with E-state index in [4.69, 9.17) is 4.74 Å². The van der Waals surface area contributed by atoms with Crippen LogP contribution >= 0.6 is 0 Å². The summed E-state index contributed by atoms with van der Waals surface area (Å²) >= 11 is 0. The Morgan fingerprint density at radius 1 is 1.32 bits per heavy atom. The Morgan fingerprint density at radius 2 is 1.95 bits per heavy atom. The third kappa shape index (κ3) is 4.78. The standard InChI is InChI=1S/C15H21N3O4/c1-16(12-15(19)17-8-10-22-11-9-17)7-6-13-2-4-14(5-3-13)18(20)21/h2-5H,6-12H2,1H3. The minimum Gasteiger partial charge on any atom is -0.378 e. The lowest BCUT2D eigenvalue weighted by molar-refractivity contribution is -0.384.